The maximum atomic E-state index is 11.8. The second kappa shape index (κ2) is 6.44. The van der Waals surface area contributed by atoms with Crippen molar-refractivity contribution in [3.63, 3.8) is 0 Å². The zero-order chi connectivity index (χ0) is 15.4. The molecule has 0 saturated heterocycles. The summed E-state index contributed by atoms with van der Waals surface area (Å²) in [6.45, 7) is 6.98. The van der Waals surface area contributed by atoms with Crippen LogP contribution >= 0.6 is 0 Å². The van der Waals surface area contributed by atoms with E-state index >= 15 is 0 Å². The fourth-order valence-corrected chi connectivity index (χ4v) is 2.52. The molecule has 0 aromatic heterocycles. The van der Waals surface area contributed by atoms with Gasteiger partial charge in [0.25, 0.3) is 5.91 Å². The Balaban J connectivity index is 2.23. The maximum Gasteiger partial charge on any atom is 0.251 e. The summed E-state index contributed by atoms with van der Waals surface area (Å²) in [5, 5.41) is 6.12. The van der Waals surface area contributed by atoms with Gasteiger partial charge in [0.1, 0.15) is 0 Å². The Kier molecular flexibility index (Phi) is 4.63. The van der Waals surface area contributed by atoms with Crippen LogP contribution in [0.15, 0.2) is 36.4 Å². The molecule has 0 aliphatic rings. The Bertz CT molecular complexity index is 642. The number of aryl methyl sites for hydroxylation is 2. The highest BCUT2D eigenvalue weighted by atomic mass is 16.1. The Morgan fingerprint density at radius 2 is 1.62 bits per heavy atom. The summed E-state index contributed by atoms with van der Waals surface area (Å²) in [6, 6.07) is 12.1. The first-order valence-electron chi connectivity index (χ1n) is 7.15. The molecule has 0 aliphatic heterocycles. The summed E-state index contributed by atoms with van der Waals surface area (Å²) < 4.78 is 0. The minimum atomic E-state index is -0.0526. The second-order valence-corrected chi connectivity index (χ2v) is 5.28. The van der Waals surface area contributed by atoms with Crippen molar-refractivity contribution in [2.75, 3.05) is 12.4 Å². The first kappa shape index (κ1) is 15.1. The minimum absolute atomic E-state index is 0.0526. The molecule has 110 valence electrons. The largest absolute Gasteiger partial charge is 0.381 e. The molecule has 0 bridgehead atoms. The number of rotatable bonds is 4. The van der Waals surface area contributed by atoms with Crippen LogP contribution in [0.5, 0.6) is 0 Å². The van der Waals surface area contributed by atoms with E-state index in [0.717, 1.165) is 17.8 Å². The summed E-state index contributed by atoms with van der Waals surface area (Å²) in [6.07, 6.45) is 0. The molecule has 0 fully saturated rings. The standard InChI is InChI=1S/C18H22N2O/c1-12-7-5-8-13(2)16(12)11-20-17-10-6-9-15(14(17)3)18(21)19-4/h5-10,20H,11H2,1-4H3,(H,19,21). The van der Waals surface area contributed by atoms with Gasteiger partial charge in [-0.05, 0) is 55.2 Å². The Morgan fingerprint density at radius 3 is 2.24 bits per heavy atom. The monoisotopic (exact) mass is 282 g/mol. The van der Waals surface area contributed by atoms with E-state index in [1.165, 1.54) is 16.7 Å². The van der Waals surface area contributed by atoms with Crippen molar-refractivity contribution in [1.29, 1.82) is 0 Å². The van der Waals surface area contributed by atoms with E-state index in [-0.39, 0.29) is 5.91 Å². The average Bonchev–Trinajstić information content (AvgIpc) is 2.47. The molecule has 0 heterocycles. The van der Waals surface area contributed by atoms with E-state index in [1.807, 2.05) is 25.1 Å². The molecule has 0 radical (unpaired) electrons. The highest BCUT2D eigenvalue weighted by Crippen LogP contribution is 2.21. The summed E-state index contributed by atoms with van der Waals surface area (Å²) >= 11 is 0. The summed E-state index contributed by atoms with van der Waals surface area (Å²) in [7, 11) is 1.65. The zero-order valence-electron chi connectivity index (χ0n) is 13.1. The van der Waals surface area contributed by atoms with Crippen LogP contribution in [0.1, 0.15) is 32.6 Å². The van der Waals surface area contributed by atoms with Crippen LogP contribution in [-0.4, -0.2) is 13.0 Å². The van der Waals surface area contributed by atoms with Gasteiger partial charge in [-0.2, -0.15) is 0 Å². The predicted octanol–water partition coefficient (Wildman–Crippen LogP) is 3.58. The number of benzene rings is 2. The van der Waals surface area contributed by atoms with Crippen molar-refractivity contribution >= 4 is 11.6 Å². The SMILES string of the molecule is CNC(=O)c1cccc(NCc2c(C)cccc2C)c1C. The van der Waals surface area contributed by atoms with Crippen molar-refractivity contribution in [3.8, 4) is 0 Å². The number of nitrogens with one attached hydrogen (secondary N) is 2. The van der Waals surface area contributed by atoms with Crippen molar-refractivity contribution in [1.82, 2.24) is 5.32 Å². The van der Waals surface area contributed by atoms with Crippen molar-refractivity contribution in [2.24, 2.45) is 0 Å². The average molecular weight is 282 g/mol. The molecule has 2 aromatic rings. The van der Waals surface area contributed by atoms with Gasteiger partial charge in [-0.1, -0.05) is 24.3 Å². The highest BCUT2D eigenvalue weighted by Gasteiger charge is 2.10. The predicted molar refractivity (Wildman–Crippen MR) is 87.8 cm³/mol. The second-order valence-electron chi connectivity index (χ2n) is 5.28. The van der Waals surface area contributed by atoms with E-state index in [9.17, 15) is 4.79 Å². The zero-order valence-corrected chi connectivity index (χ0v) is 13.1. The number of hydrogen-bond acceptors (Lipinski definition) is 2. The van der Waals surface area contributed by atoms with Gasteiger partial charge in [-0.3, -0.25) is 4.79 Å². The van der Waals surface area contributed by atoms with Gasteiger partial charge in [-0.15, -0.1) is 0 Å². The summed E-state index contributed by atoms with van der Waals surface area (Å²) in [5.41, 5.74) is 6.55. The van der Waals surface area contributed by atoms with E-state index in [4.69, 9.17) is 0 Å². The van der Waals surface area contributed by atoms with E-state index in [1.54, 1.807) is 7.05 Å². The number of amides is 1. The number of hydrogen-bond donors (Lipinski definition) is 2. The van der Waals surface area contributed by atoms with Gasteiger partial charge < -0.3 is 10.6 Å². The third-order valence-corrected chi connectivity index (χ3v) is 3.91. The molecule has 2 aromatic carbocycles. The smallest absolute Gasteiger partial charge is 0.251 e. The van der Waals surface area contributed by atoms with Crippen LogP contribution < -0.4 is 10.6 Å². The third-order valence-electron chi connectivity index (χ3n) is 3.91. The molecule has 21 heavy (non-hydrogen) atoms. The summed E-state index contributed by atoms with van der Waals surface area (Å²) in [5.74, 6) is -0.0526. The van der Waals surface area contributed by atoms with Crippen LogP contribution in [0.4, 0.5) is 5.69 Å². The minimum Gasteiger partial charge on any atom is -0.381 e. The third kappa shape index (κ3) is 3.24. The fourth-order valence-electron chi connectivity index (χ4n) is 2.52. The number of carbonyl (C=O) groups is 1. The van der Waals surface area contributed by atoms with Crippen LogP contribution in [0.3, 0.4) is 0 Å². The Hall–Kier alpha value is -2.29. The molecule has 0 spiro atoms. The molecule has 1 amide bonds. The van der Waals surface area contributed by atoms with Crippen molar-refractivity contribution in [2.45, 2.75) is 27.3 Å². The molecule has 0 unspecified atom stereocenters. The normalized spacial score (nSPS) is 10.3. The lowest BCUT2D eigenvalue weighted by Crippen LogP contribution is -2.19. The Labute approximate surface area is 126 Å². The maximum absolute atomic E-state index is 11.8. The van der Waals surface area contributed by atoms with Crippen molar-refractivity contribution in [3.05, 3.63) is 64.2 Å². The first-order valence-corrected chi connectivity index (χ1v) is 7.15. The van der Waals surface area contributed by atoms with E-state index < -0.39 is 0 Å². The molecular weight excluding hydrogens is 260 g/mol. The summed E-state index contributed by atoms with van der Waals surface area (Å²) in [4.78, 5) is 11.8. The highest BCUT2D eigenvalue weighted by molar-refractivity contribution is 5.96. The van der Waals surface area contributed by atoms with Gasteiger partial charge >= 0.3 is 0 Å². The quantitative estimate of drug-likeness (QED) is 0.900. The topological polar surface area (TPSA) is 41.1 Å². The molecule has 3 heteroatoms. The molecule has 2 N–H and O–H groups in total. The molecule has 0 atom stereocenters. The molecular formula is C18H22N2O. The molecule has 3 nitrogen and oxygen atoms in total. The molecule has 2 rings (SSSR count). The lowest BCUT2D eigenvalue weighted by Gasteiger charge is -2.15. The van der Waals surface area contributed by atoms with Crippen molar-refractivity contribution < 1.29 is 4.79 Å². The van der Waals surface area contributed by atoms with Crippen LogP contribution in [0.2, 0.25) is 0 Å². The lowest BCUT2D eigenvalue weighted by atomic mass is 10.0. The van der Waals surface area contributed by atoms with E-state index in [0.29, 0.717) is 5.56 Å². The molecule has 0 aliphatic carbocycles. The van der Waals surface area contributed by atoms with Gasteiger partial charge in [-0.25, -0.2) is 0 Å². The van der Waals surface area contributed by atoms with Crippen LogP contribution in [-0.2, 0) is 6.54 Å². The Morgan fingerprint density at radius 1 is 1.00 bits per heavy atom. The van der Waals surface area contributed by atoms with Crippen LogP contribution in [0.25, 0.3) is 0 Å². The van der Waals surface area contributed by atoms with E-state index in [2.05, 4.69) is 42.7 Å². The van der Waals surface area contributed by atoms with Gasteiger partial charge in [0.15, 0.2) is 0 Å². The molecule has 0 saturated carbocycles. The first-order chi connectivity index (χ1) is 10.0. The van der Waals surface area contributed by atoms with Gasteiger partial charge in [0.2, 0.25) is 0 Å². The van der Waals surface area contributed by atoms with Gasteiger partial charge in [0, 0.05) is 24.8 Å². The van der Waals surface area contributed by atoms with Crippen LogP contribution in [0, 0.1) is 20.8 Å². The number of anilines is 1. The fraction of sp³-hybridized carbons (Fsp3) is 0.278. The number of carbonyl (C=O) groups excluding carboxylic acids is 1. The lowest BCUT2D eigenvalue weighted by molar-refractivity contribution is 0.0962. The van der Waals surface area contributed by atoms with Gasteiger partial charge in [0.05, 0.1) is 0 Å².